The summed E-state index contributed by atoms with van der Waals surface area (Å²) in [7, 11) is 2.77. The summed E-state index contributed by atoms with van der Waals surface area (Å²) < 4.78 is 53.9. The molecule has 2 amide bonds. The maximum Gasteiger partial charge on any atom is 0.416 e. The van der Waals surface area contributed by atoms with Gasteiger partial charge in [-0.1, -0.05) is 6.92 Å². The Balaban J connectivity index is 1.74. The van der Waals surface area contributed by atoms with E-state index in [2.05, 4.69) is 10.6 Å². The molecule has 2 N–H and O–H groups in total. The number of alkyl halides is 3. The molecule has 1 aliphatic carbocycles. The van der Waals surface area contributed by atoms with Gasteiger partial charge in [-0.3, -0.25) is 9.59 Å². The Hall–Kier alpha value is -3.76. The molecule has 3 atom stereocenters. The predicted molar refractivity (Wildman–Crippen MR) is 120 cm³/mol. The predicted octanol–water partition coefficient (Wildman–Crippen LogP) is 4.50. The molecule has 8 nitrogen and oxygen atoms in total. The van der Waals surface area contributed by atoms with Gasteiger partial charge >= 0.3 is 12.1 Å². The van der Waals surface area contributed by atoms with Crippen LogP contribution in [-0.2, 0) is 20.5 Å². The van der Waals surface area contributed by atoms with Crippen molar-refractivity contribution in [3.63, 3.8) is 0 Å². The Morgan fingerprint density at radius 3 is 2.09 bits per heavy atom. The maximum absolute atomic E-state index is 12.9. The number of halogens is 3. The number of methoxy groups -OCH3 is 2. The molecule has 0 bridgehead atoms. The Morgan fingerprint density at radius 1 is 1.00 bits per heavy atom. The van der Waals surface area contributed by atoms with Crippen LogP contribution in [0, 0.1) is 11.8 Å². The number of hydrogen-bond donors (Lipinski definition) is 2. The van der Waals surface area contributed by atoms with Gasteiger partial charge < -0.3 is 24.8 Å². The molecule has 2 aromatic carbocycles. The molecule has 11 heteroatoms. The molecule has 0 saturated heterocycles. The highest BCUT2D eigenvalue weighted by atomic mass is 19.4. The normalized spacial score (nSPS) is 17.7. The lowest BCUT2D eigenvalue weighted by Gasteiger charge is -2.18. The van der Waals surface area contributed by atoms with Crippen LogP contribution < -0.4 is 20.1 Å². The van der Waals surface area contributed by atoms with Crippen molar-refractivity contribution in [3.05, 3.63) is 47.5 Å². The van der Waals surface area contributed by atoms with Crippen LogP contribution in [0.5, 0.6) is 11.5 Å². The molecule has 3 unspecified atom stereocenters. The number of anilines is 2. The number of esters is 1. The largest absolute Gasteiger partial charge is 0.493 e. The fourth-order valence-corrected chi connectivity index (χ4v) is 3.33. The Kier molecular flexibility index (Phi) is 7.57. The molecule has 2 aromatic rings. The third-order valence-electron chi connectivity index (χ3n) is 5.58. The second-order valence-corrected chi connectivity index (χ2v) is 8.17. The van der Waals surface area contributed by atoms with Gasteiger partial charge in [-0.15, -0.1) is 0 Å². The Morgan fingerprint density at radius 2 is 1.57 bits per heavy atom. The van der Waals surface area contributed by atoms with E-state index in [1.54, 1.807) is 0 Å². The summed E-state index contributed by atoms with van der Waals surface area (Å²) in [5, 5.41) is 5.10. The number of ether oxygens (including phenoxy) is 3. The van der Waals surface area contributed by atoms with Crippen molar-refractivity contribution in [2.45, 2.75) is 32.5 Å². The van der Waals surface area contributed by atoms with E-state index in [9.17, 15) is 27.6 Å². The van der Waals surface area contributed by atoms with Crippen LogP contribution in [0.4, 0.5) is 24.5 Å². The molecule has 0 aromatic heterocycles. The van der Waals surface area contributed by atoms with Gasteiger partial charge in [0, 0.05) is 23.7 Å². The molecule has 35 heavy (non-hydrogen) atoms. The molecular formula is C24H25F3N2O6. The highest BCUT2D eigenvalue weighted by Gasteiger charge is 2.39. The molecular weight excluding hydrogens is 469 g/mol. The summed E-state index contributed by atoms with van der Waals surface area (Å²) in [6, 6.07) is 6.59. The van der Waals surface area contributed by atoms with E-state index < -0.39 is 29.7 Å². The van der Waals surface area contributed by atoms with Crippen molar-refractivity contribution in [1.82, 2.24) is 0 Å². The first kappa shape index (κ1) is 25.9. The van der Waals surface area contributed by atoms with E-state index >= 15 is 0 Å². The number of rotatable bonds is 8. The first-order chi connectivity index (χ1) is 16.4. The second-order valence-electron chi connectivity index (χ2n) is 8.17. The van der Waals surface area contributed by atoms with Gasteiger partial charge in [0.15, 0.2) is 17.6 Å². The first-order valence-corrected chi connectivity index (χ1v) is 10.7. The van der Waals surface area contributed by atoms with Gasteiger partial charge in [-0.2, -0.15) is 13.2 Å². The van der Waals surface area contributed by atoms with E-state index in [0.717, 1.165) is 30.7 Å². The third-order valence-corrected chi connectivity index (χ3v) is 5.58. The summed E-state index contributed by atoms with van der Waals surface area (Å²) in [4.78, 5) is 37.8. The highest BCUT2D eigenvalue weighted by Crippen LogP contribution is 2.40. The van der Waals surface area contributed by atoms with Crippen molar-refractivity contribution in [2.24, 2.45) is 11.8 Å². The molecule has 3 rings (SSSR count). The lowest BCUT2D eigenvalue weighted by molar-refractivity contribution is -0.137. The summed E-state index contributed by atoms with van der Waals surface area (Å²) in [6.07, 6.45) is -5.07. The van der Waals surface area contributed by atoms with Crippen molar-refractivity contribution in [3.8, 4) is 11.5 Å². The number of carbonyl (C=O) groups excluding carboxylic acids is 3. The van der Waals surface area contributed by atoms with Gasteiger partial charge in [0.1, 0.15) is 0 Å². The van der Waals surface area contributed by atoms with Crippen LogP contribution in [-0.4, -0.2) is 38.1 Å². The standard InChI is InChI=1S/C24H25F3N2O6/c1-12-9-16(12)22(31)29-18-11-20(34-4)19(33-3)10-17(18)23(32)35-13(2)21(30)28-15-7-5-14(6-8-15)24(25,26)27/h5-8,10-13,16H,9H2,1-4H3,(H,28,30)(H,29,31). The molecule has 0 spiro atoms. The van der Waals surface area contributed by atoms with Gasteiger partial charge in [-0.25, -0.2) is 4.79 Å². The third kappa shape index (κ3) is 6.23. The van der Waals surface area contributed by atoms with Gasteiger partial charge in [0.05, 0.1) is 31.0 Å². The van der Waals surface area contributed by atoms with Gasteiger partial charge in [-0.05, 0) is 43.5 Å². The first-order valence-electron chi connectivity index (χ1n) is 10.7. The number of benzene rings is 2. The molecule has 1 saturated carbocycles. The SMILES string of the molecule is COc1cc(NC(=O)C2CC2C)c(C(=O)OC(C)C(=O)Nc2ccc(C(F)(F)F)cc2)cc1OC. The minimum atomic E-state index is -4.50. The van der Waals surface area contributed by atoms with E-state index in [1.807, 2.05) is 6.92 Å². The molecule has 0 radical (unpaired) electrons. The van der Waals surface area contributed by atoms with Crippen LogP contribution in [0.25, 0.3) is 0 Å². The summed E-state index contributed by atoms with van der Waals surface area (Å²) in [5.41, 5.74) is -0.687. The number of amides is 2. The maximum atomic E-state index is 12.9. The zero-order valence-corrected chi connectivity index (χ0v) is 19.5. The molecule has 0 aliphatic heterocycles. The zero-order valence-electron chi connectivity index (χ0n) is 19.5. The monoisotopic (exact) mass is 494 g/mol. The van der Waals surface area contributed by atoms with E-state index in [4.69, 9.17) is 14.2 Å². The van der Waals surface area contributed by atoms with Crippen LogP contribution in [0.1, 0.15) is 36.2 Å². The number of nitrogens with one attached hydrogen (secondary N) is 2. The van der Waals surface area contributed by atoms with Crippen molar-refractivity contribution < 1.29 is 41.8 Å². The fourth-order valence-electron chi connectivity index (χ4n) is 3.33. The van der Waals surface area contributed by atoms with E-state index in [1.165, 1.54) is 33.3 Å². The molecule has 188 valence electrons. The van der Waals surface area contributed by atoms with Crippen LogP contribution in [0.15, 0.2) is 36.4 Å². The van der Waals surface area contributed by atoms with Crippen LogP contribution >= 0.6 is 0 Å². The minimum absolute atomic E-state index is 0.0570. The quantitative estimate of drug-likeness (QED) is 0.524. The Bertz CT molecular complexity index is 1120. The lowest BCUT2D eigenvalue weighted by atomic mass is 10.1. The molecule has 0 heterocycles. The van der Waals surface area contributed by atoms with Gasteiger partial charge in [0.2, 0.25) is 5.91 Å². The zero-order chi connectivity index (χ0) is 25.9. The van der Waals surface area contributed by atoms with Crippen molar-refractivity contribution in [1.29, 1.82) is 0 Å². The Labute approximate surface area is 199 Å². The molecule has 1 aliphatic rings. The average molecular weight is 494 g/mol. The van der Waals surface area contributed by atoms with E-state index in [0.29, 0.717) is 0 Å². The smallest absolute Gasteiger partial charge is 0.416 e. The topological polar surface area (TPSA) is 103 Å². The highest BCUT2D eigenvalue weighted by molar-refractivity contribution is 6.04. The summed E-state index contributed by atoms with van der Waals surface area (Å²) >= 11 is 0. The second kappa shape index (κ2) is 10.2. The summed E-state index contributed by atoms with van der Waals surface area (Å²) in [6.45, 7) is 3.24. The number of hydrogen-bond acceptors (Lipinski definition) is 6. The molecule has 1 fully saturated rings. The number of carbonyl (C=O) groups is 3. The van der Waals surface area contributed by atoms with Crippen LogP contribution in [0.3, 0.4) is 0 Å². The average Bonchev–Trinajstić information content (AvgIpc) is 3.55. The van der Waals surface area contributed by atoms with Crippen molar-refractivity contribution in [2.75, 3.05) is 24.9 Å². The van der Waals surface area contributed by atoms with Gasteiger partial charge in [0.25, 0.3) is 5.91 Å². The minimum Gasteiger partial charge on any atom is -0.493 e. The summed E-state index contributed by atoms with van der Waals surface area (Å²) in [5.74, 6) is -1.38. The van der Waals surface area contributed by atoms with E-state index in [-0.39, 0.29) is 46.2 Å². The fraction of sp³-hybridized carbons (Fsp3) is 0.375. The van der Waals surface area contributed by atoms with Crippen molar-refractivity contribution >= 4 is 29.2 Å². The van der Waals surface area contributed by atoms with Crippen LogP contribution in [0.2, 0.25) is 0 Å². The lowest BCUT2D eigenvalue weighted by Crippen LogP contribution is -2.30.